The molecule has 4 nitrogen and oxygen atoms in total. The lowest BCUT2D eigenvalue weighted by atomic mass is 9.81. The Morgan fingerprint density at radius 1 is 0.963 bits per heavy atom. The van der Waals surface area contributed by atoms with Gasteiger partial charge in [-0.15, -0.1) is 0 Å². The summed E-state index contributed by atoms with van der Waals surface area (Å²) in [5.41, 5.74) is 2.88. The first-order valence-electron chi connectivity index (χ1n) is 9.82. The van der Waals surface area contributed by atoms with E-state index in [0.29, 0.717) is 12.3 Å². The van der Waals surface area contributed by atoms with Crippen molar-refractivity contribution in [2.45, 2.75) is 51.5 Å². The van der Waals surface area contributed by atoms with Crippen LogP contribution >= 0.6 is 0 Å². The summed E-state index contributed by atoms with van der Waals surface area (Å²) in [6.07, 6.45) is 6.47. The van der Waals surface area contributed by atoms with Crippen molar-refractivity contribution in [2.24, 2.45) is 5.92 Å². The van der Waals surface area contributed by atoms with Gasteiger partial charge in [0.05, 0.1) is 12.5 Å². The first-order chi connectivity index (χ1) is 13.1. The number of hydrogen-bond acceptors (Lipinski definition) is 2. The zero-order valence-corrected chi connectivity index (χ0v) is 15.9. The third kappa shape index (κ3) is 5.68. The lowest BCUT2D eigenvalue weighted by Crippen LogP contribution is -2.35. The molecule has 0 radical (unpaired) electrons. The van der Waals surface area contributed by atoms with Gasteiger partial charge in [-0.25, -0.2) is 0 Å². The van der Waals surface area contributed by atoms with Crippen molar-refractivity contribution in [3.8, 4) is 0 Å². The predicted octanol–water partition coefficient (Wildman–Crippen LogP) is 4.63. The van der Waals surface area contributed by atoms with Gasteiger partial charge in [0.15, 0.2) is 0 Å². The molecular formula is C23H28N2O2. The minimum atomic E-state index is -0.0984. The Bertz CT molecular complexity index is 750. The lowest BCUT2D eigenvalue weighted by molar-refractivity contribution is -0.121. The second-order valence-corrected chi connectivity index (χ2v) is 7.41. The Labute approximate surface area is 161 Å². The maximum atomic E-state index is 12.7. The van der Waals surface area contributed by atoms with Gasteiger partial charge in [-0.1, -0.05) is 61.7 Å². The van der Waals surface area contributed by atoms with Crippen molar-refractivity contribution in [1.29, 1.82) is 0 Å². The summed E-state index contributed by atoms with van der Waals surface area (Å²) in [6, 6.07) is 17.9. The summed E-state index contributed by atoms with van der Waals surface area (Å²) in [5, 5.41) is 6.03. The SMILES string of the molecule is CC(=O)Nc1ccc(CC(=O)N[C@H](c2ccccc2)C2CCCCC2)cc1. The quantitative estimate of drug-likeness (QED) is 0.785. The molecule has 2 aromatic carbocycles. The summed E-state index contributed by atoms with van der Waals surface area (Å²) < 4.78 is 0. The van der Waals surface area contributed by atoms with Gasteiger partial charge >= 0.3 is 0 Å². The molecule has 1 saturated carbocycles. The molecule has 2 aromatic rings. The Hall–Kier alpha value is -2.62. The molecule has 4 heteroatoms. The summed E-state index contributed by atoms with van der Waals surface area (Å²) in [4.78, 5) is 23.8. The van der Waals surface area contributed by atoms with Crippen LogP contribution in [0.4, 0.5) is 5.69 Å². The summed E-state index contributed by atoms with van der Waals surface area (Å²) >= 11 is 0. The molecule has 0 saturated heterocycles. The molecule has 0 aromatic heterocycles. The van der Waals surface area contributed by atoms with Crippen LogP contribution in [0.25, 0.3) is 0 Å². The third-order valence-corrected chi connectivity index (χ3v) is 5.24. The number of nitrogens with one attached hydrogen (secondary N) is 2. The maximum Gasteiger partial charge on any atom is 0.224 e. The fraction of sp³-hybridized carbons (Fsp3) is 0.391. The first-order valence-corrected chi connectivity index (χ1v) is 9.82. The Kier molecular flexibility index (Phi) is 6.64. The maximum absolute atomic E-state index is 12.7. The van der Waals surface area contributed by atoms with E-state index in [1.54, 1.807) is 0 Å². The lowest BCUT2D eigenvalue weighted by Gasteiger charge is -2.31. The standard InChI is InChI=1S/C23H28N2O2/c1-17(26)24-21-14-12-18(13-15-21)16-22(27)25-23(19-8-4-2-5-9-19)20-10-6-3-7-11-20/h2,4-5,8-9,12-15,20,23H,3,6-7,10-11,16H2,1H3,(H,24,26)(H,25,27)/t23-/m1/s1. The summed E-state index contributed by atoms with van der Waals surface area (Å²) in [5.74, 6) is 0.452. The van der Waals surface area contributed by atoms with Crippen LogP contribution in [0.5, 0.6) is 0 Å². The molecule has 1 aliphatic carbocycles. The monoisotopic (exact) mass is 364 g/mol. The smallest absolute Gasteiger partial charge is 0.224 e. The van der Waals surface area contributed by atoms with Gasteiger partial charge in [-0.3, -0.25) is 9.59 Å². The Morgan fingerprint density at radius 3 is 2.26 bits per heavy atom. The van der Waals surface area contributed by atoms with Crippen LogP contribution in [0.1, 0.15) is 56.2 Å². The number of amides is 2. The molecule has 0 spiro atoms. The van der Waals surface area contributed by atoms with E-state index in [1.165, 1.54) is 44.6 Å². The van der Waals surface area contributed by atoms with Crippen molar-refractivity contribution in [3.05, 3.63) is 65.7 Å². The number of anilines is 1. The van der Waals surface area contributed by atoms with Gasteiger partial charge in [0, 0.05) is 12.6 Å². The largest absolute Gasteiger partial charge is 0.349 e. The van der Waals surface area contributed by atoms with Crippen molar-refractivity contribution in [1.82, 2.24) is 5.32 Å². The highest BCUT2D eigenvalue weighted by Crippen LogP contribution is 2.34. The molecule has 1 aliphatic rings. The van der Waals surface area contributed by atoms with Crippen molar-refractivity contribution in [2.75, 3.05) is 5.32 Å². The van der Waals surface area contributed by atoms with E-state index in [1.807, 2.05) is 42.5 Å². The van der Waals surface area contributed by atoms with E-state index >= 15 is 0 Å². The first kappa shape index (κ1) is 19.2. The third-order valence-electron chi connectivity index (χ3n) is 5.24. The summed E-state index contributed by atoms with van der Waals surface area (Å²) in [7, 11) is 0. The van der Waals surface area contributed by atoms with E-state index in [4.69, 9.17) is 0 Å². The van der Waals surface area contributed by atoms with Crippen LogP contribution < -0.4 is 10.6 Å². The highest BCUT2D eigenvalue weighted by Gasteiger charge is 2.26. The molecule has 0 unspecified atom stereocenters. The second-order valence-electron chi connectivity index (χ2n) is 7.41. The number of carbonyl (C=O) groups excluding carboxylic acids is 2. The fourth-order valence-electron chi connectivity index (χ4n) is 3.92. The fourth-order valence-corrected chi connectivity index (χ4v) is 3.92. The molecule has 0 heterocycles. The molecule has 2 amide bonds. The molecule has 142 valence electrons. The van der Waals surface area contributed by atoms with Crippen LogP contribution in [0.15, 0.2) is 54.6 Å². The number of benzene rings is 2. The van der Waals surface area contributed by atoms with Crippen LogP contribution in [-0.4, -0.2) is 11.8 Å². The summed E-state index contributed by atoms with van der Waals surface area (Å²) in [6.45, 7) is 1.48. The average Bonchev–Trinajstić information content (AvgIpc) is 2.69. The molecule has 1 fully saturated rings. The average molecular weight is 364 g/mol. The number of carbonyl (C=O) groups is 2. The van der Waals surface area contributed by atoms with Gasteiger partial charge in [-0.2, -0.15) is 0 Å². The van der Waals surface area contributed by atoms with Gasteiger partial charge in [0.1, 0.15) is 0 Å². The molecule has 0 aliphatic heterocycles. The van der Waals surface area contributed by atoms with E-state index in [9.17, 15) is 9.59 Å². The van der Waals surface area contributed by atoms with Crippen LogP contribution in [0.2, 0.25) is 0 Å². The van der Waals surface area contributed by atoms with Crippen molar-refractivity contribution < 1.29 is 9.59 Å². The zero-order chi connectivity index (χ0) is 19.1. The topological polar surface area (TPSA) is 58.2 Å². The molecule has 0 bridgehead atoms. The molecule has 3 rings (SSSR count). The molecule has 27 heavy (non-hydrogen) atoms. The van der Waals surface area contributed by atoms with E-state index in [-0.39, 0.29) is 17.9 Å². The molecule has 1 atom stereocenters. The number of rotatable bonds is 6. The zero-order valence-electron chi connectivity index (χ0n) is 15.9. The van der Waals surface area contributed by atoms with Crippen LogP contribution in [0.3, 0.4) is 0 Å². The number of hydrogen-bond donors (Lipinski definition) is 2. The Morgan fingerprint density at radius 2 is 1.63 bits per heavy atom. The van der Waals surface area contributed by atoms with Gasteiger partial charge in [-0.05, 0) is 42.0 Å². The highest BCUT2D eigenvalue weighted by molar-refractivity contribution is 5.88. The van der Waals surface area contributed by atoms with Crippen molar-refractivity contribution in [3.63, 3.8) is 0 Å². The predicted molar refractivity (Wildman–Crippen MR) is 108 cm³/mol. The van der Waals surface area contributed by atoms with E-state index in [2.05, 4.69) is 22.8 Å². The normalized spacial score (nSPS) is 15.7. The van der Waals surface area contributed by atoms with Crippen molar-refractivity contribution >= 4 is 17.5 Å². The van der Waals surface area contributed by atoms with Crippen LogP contribution in [-0.2, 0) is 16.0 Å². The van der Waals surface area contributed by atoms with Gasteiger partial charge in [0.25, 0.3) is 0 Å². The van der Waals surface area contributed by atoms with E-state index < -0.39 is 0 Å². The highest BCUT2D eigenvalue weighted by atomic mass is 16.2. The van der Waals surface area contributed by atoms with Gasteiger partial charge in [0.2, 0.25) is 11.8 Å². The van der Waals surface area contributed by atoms with Gasteiger partial charge < -0.3 is 10.6 Å². The van der Waals surface area contributed by atoms with Crippen LogP contribution in [0, 0.1) is 5.92 Å². The van der Waals surface area contributed by atoms with E-state index in [0.717, 1.165) is 11.3 Å². The minimum Gasteiger partial charge on any atom is -0.349 e. The molecule has 2 N–H and O–H groups in total. The second kappa shape index (κ2) is 9.36. The minimum absolute atomic E-state index is 0.0432. The molecular weight excluding hydrogens is 336 g/mol. The Balaban J connectivity index is 1.66.